The average Bonchev–Trinajstić information content (AvgIpc) is 2.76. The van der Waals surface area contributed by atoms with Gasteiger partial charge in [0.15, 0.2) is 0 Å². The SMILES string of the molecule is CCc1ccc(C(Br)C2CCCC2(C)C)cc1CC. The molecule has 0 spiro atoms. The van der Waals surface area contributed by atoms with Gasteiger partial charge in [0, 0.05) is 4.83 Å². The largest absolute Gasteiger partial charge is 0.0836 e. The van der Waals surface area contributed by atoms with Crippen LogP contribution in [0.1, 0.15) is 68.5 Å². The van der Waals surface area contributed by atoms with Crippen LogP contribution >= 0.6 is 15.9 Å². The van der Waals surface area contributed by atoms with E-state index >= 15 is 0 Å². The van der Waals surface area contributed by atoms with Gasteiger partial charge in [0.25, 0.3) is 0 Å². The van der Waals surface area contributed by atoms with Gasteiger partial charge in [0.1, 0.15) is 0 Å². The van der Waals surface area contributed by atoms with Gasteiger partial charge in [0.05, 0.1) is 0 Å². The molecule has 2 rings (SSSR count). The van der Waals surface area contributed by atoms with Crippen LogP contribution in [0.4, 0.5) is 0 Å². The minimum atomic E-state index is 0.476. The zero-order valence-corrected chi connectivity index (χ0v) is 14.4. The van der Waals surface area contributed by atoms with Gasteiger partial charge in [-0.05, 0) is 53.7 Å². The van der Waals surface area contributed by atoms with E-state index in [0.717, 1.165) is 18.8 Å². The molecular weight excluding hydrogens is 296 g/mol. The third-order valence-electron chi connectivity index (χ3n) is 5.00. The van der Waals surface area contributed by atoms with Gasteiger partial charge in [-0.1, -0.05) is 68.2 Å². The lowest BCUT2D eigenvalue weighted by molar-refractivity contribution is 0.257. The van der Waals surface area contributed by atoms with Gasteiger partial charge in [-0.15, -0.1) is 0 Å². The molecule has 1 fully saturated rings. The van der Waals surface area contributed by atoms with Crippen molar-refractivity contribution < 1.29 is 0 Å². The molecular formula is C18H27Br. The number of alkyl halides is 1. The molecule has 1 saturated carbocycles. The highest BCUT2D eigenvalue weighted by molar-refractivity contribution is 9.09. The molecule has 0 aliphatic heterocycles. The second-order valence-electron chi connectivity index (χ2n) is 6.62. The Kier molecular flexibility index (Phi) is 4.76. The summed E-state index contributed by atoms with van der Waals surface area (Å²) in [6, 6.07) is 7.11. The molecule has 0 saturated heterocycles. The Balaban J connectivity index is 2.26. The maximum atomic E-state index is 4.00. The van der Waals surface area contributed by atoms with E-state index in [2.05, 4.69) is 61.8 Å². The third kappa shape index (κ3) is 3.07. The number of halogens is 1. The van der Waals surface area contributed by atoms with E-state index in [-0.39, 0.29) is 0 Å². The molecule has 0 N–H and O–H groups in total. The fraction of sp³-hybridized carbons (Fsp3) is 0.667. The van der Waals surface area contributed by atoms with Crippen molar-refractivity contribution in [2.75, 3.05) is 0 Å². The Morgan fingerprint density at radius 2 is 1.89 bits per heavy atom. The van der Waals surface area contributed by atoms with Gasteiger partial charge in [-0.2, -0.15) is 0 Å². The molecule has 2 atom stereocenters. The smallest absolute Gasteiger partial charge is 0.0428 e. The Morgan fingerprint density at radius 1 is 1.21 bits per heavy atom. The van der Waals surface area contributed by atoms with Crippen LogP contribution in [0.15, 0.2) is 18.2 Å². The second kappa shape index (κ2) is 5.99. The predicted molar refractivity (Wildman–Crippen MR) is 88.0 cm³/mol. The molecule has 0 radical (unpaired) electrons. The van der Waals surface area contributed by atoms with E-state index in [0.29, 0.717) is 10.2 Å². The monoisotopic (exact) mass is 322 g/mol. The Morgan fingerprint density at radius 3 is 2.42 bits per heavy atom. The van der Waals surface area contributed by atoms with Crippen molar-refractivity contribution in [2.24, 2.45) is 11.3 Å². The first kappa shape index (κ1) is 15.1. The zero-order chi connectivity index (χ0) is 14.0. The summed E-state index contributed by atoms with van der Waals surface area (Å²) in [7, 11) is 0. The first-order valence-corrected chi connectivity index (χ1v) is 8.67. The van der Waals surface area contributed by atoms with Crippen LogP contribution in [0.5, 0.6) is 0 Å². The Bertz CT molecular complexity index is 433. The molecule has 0 heterocycles. The number of rotatable bonds is 4. The summed E-state index contributed by atoms with van der Waals surface area (Å²) in [4.78, 5) is 0.515. The quantitative estimate of drug-likeness (QED) is 0.590. The van der Waals surface area contributed by atoms with Crippen LogP contribution in [-0.2, 0) is 12.8 Å². The van der Waals surface area contributed by atoms with Gasteiger partial charge >= 0.3 is 0 Å². The maximum absolute atomic E-state index is 4.00. The Labute approximate surface area is 127 Å². The van der Waals surface area contributed by atoms with Crippen LogP contribution < -0.4 is 0 Å². The van der Waals surface area contributed by atoms with Crippen molar-refractivity contribution in [1.82, 2.24) is 0 Å². The first-order chi connectivity index (χ1) is 8.99. The van der Waals surface area contributed by atoms with Crippen molar-refractivity contribution in [3.05, 3.63) is 34.9 Å². The second-order valence-corrected chi connectivity index (χ2v) is 7.61. The highest BCUT2D eigenvalue weighted by Crippen LogP contribution is 2.51. The van der Waals surface area contributed by atoms with Gasteiger partial charge in [-0.25, -0.2) is 0 Å². The van der Waals surface area contributed by atoms with Crippen molar-refractivity contribution >= 4 is 15.9 Å². The van der Waals surface area contributed by atoms with E-state index in [9.17, 15) is 0 Å². The fourth-order valence-corrected chi connectivity index (χ4v) is 4.88. The Hall–Kier alpha value is -0.300. The maximum Gasteiger partial charge on any atom is 0.0428 e. The number of aryl methyl sites for hydroxylation is 2. The minimum absolute atomic E-state index is 0.476. The lowest BCUT2D eigenvalue weighted by Gasteiger charge is -2.31. The molecule has 0 aromatic heterocycles. The van der Waals surface area contributed by atoms with Crippen LogP contribution in [-0.4, -0.2) is 0 Å². The van der Waals surface area contributed by atoms with E-state index in [4.69, 9.17) is 0 Å². The van der Waals surface area contributed by atoms with Crippen LogP contribution in [0.2, 0.25) is 0 Å². The average molecular weight is 323 g/mol. The van der Waals surface area contributed by atoms with Crippen LogP contribution in [0, 0.1) is 11.3 Å². The zero-order valence-electron chi connectivity index (χ0n) is 12.8. The highest BCUT2D eigenvalue weighted by atomic mass is 79.9. The number of benzene rings is 1. The van der Waals surface area contributed by atoms with Crippen molar-refractivity contribution in [3.8, 4) is 0 Å². The van der Waals surface area contributed by atoms with Crippen molar-refractivity contribution in [1.29, 1.82) is 0 Å². The summed E-state index contributed by atoms with van der Waals surface area (Å²) < 4.78 is 0. The van der Waals surface area contributed by atoms with Crippen LogP contribution in [0.3, 0.4) is 0 Å². The molecule has 1 aromatic carbocycles. The van der Waals surface area contributed by atoms with Crippen molar-refractivity contribution in [3.63, 3.8) is 0 Å². The molecule has 0 nitrogen and oxygen atoms in total. The van der Waals surface area contributed by atoms with E-state index < -0.39 is 0 Å². The third-order valence-corrected chi connectivity index (χ3v) is 6.17. The van der Waals surface area contributed by atoms with Gasteiger partial charge in [-0.3, -0.25) is 0 Å². The van der Waals surface area contributed by atoms with Crippen LogP contribution in [0.25, 0.3) is 0 Å². The molecule has 1 aliphatic rings. The predicted octanol–water partition coefficient (Wildman–Crippen LogP) is 6.07. The molecule has 0 amide bonds. The summed E-state index contributed by atoms with van der Waals surface area (Å²) >= 11 is 4.00. The number of hydrogen-bond acceptors (Lipinski definition) is 0. The molecule has 1 aliphatic carbocycles. The molecule has 2 unspecified atom stereocenters. The molecule has 1 heteroatoms. The van der Waals surface area contributed by atoms with E-state index in [1.807, 2.05) is 0 Å². The van der Waals surface area contributed by atoms with E-state index in [1.165, 1.54) is 36.0 Å². The van der Waals surface area contributed by atoms with Crippen molar-refractivity contribution in [2.45, 2.75) is 64.6 Å². The molecule has 19 heavy (non-hydrogen) atoms. The lowest BCUT2D eigenvalue weighted by Crippen LogP contribution is -2.21. The van der Waals surface area contributed by atoms with E-state index in [1.54, 1.807) is 0 Å². The standard InChI is InChI=1S/C18H27Br/c1-5-13-9-10-15(12-14(13)6-2)17(19)16-8-7-11-18(16,3)4/h9-10,12,16-17H,5-8,11H2,1-4H3. The molecule has 0 bridgehead atoms. The summed E-state index contributed by atoms with van der Waals surface area (Å²) in [5.74, 6) is 0.768. The van der Waals surface area contributed by atoms with Gasteiger partial charge in [0.2, 0.25) is 0 Å². The summed E-state index contributed by atoms with van der Waals surface area (Å²) in [5.41, 5.74) is 5.00. The number of hydrogen-bond donors (Lipinski definition) is 0. The fourth-order valence-electron chi connectivity index (χ4n) is 3.62. The lowest BCUT2D eigenvalue weighted by atomic mass is 9.78. The summed E-state index contributed by atoms with van der Waals surface area (Å²) in [5, 5.41) is 0. The topological polar surface area (TPSA) is 0 Å². The molecule has 1 aromatic rings. The molecule has 106 valence electrons. The minimum Gasteiger partial charge on any atom is -0.0836 e. The highest BCUT2D eigenvalue weighted by Gasteiger charge is 2.39. The summed E-state index contributed by atoms with van der Waals surface area (Å²) in [6.45, 7) is 9.38. The first-order valence-electron chi connectivity index (χ1n) is 7.75. The summed E-state index contributed by atoms with van der Waals surface area (Å²) in [6.07, 6.45) is 6.40. The van der Waals surface area contributed by atoms with Gasteiger partial charge < -0.3 is 0 Å². The normalized spacial score (nSPS) is 23.5.